The van der Waals surface area contributed by atoms with E-state index in [0.717, 1.165) is 32.4 Å². The molecule has 0 heterocycles. The lowest BCUT2D eigenvalue weighted by molar-refractivity contribution is 0.195. The summed E-state index contributed by atoms with van der Waals surface area (Å²) < 4.78 is 0. The number of carbonyl (C=O) groups is 1. The average molecular weight is 242 g/mol. The van der Waals surface area contributed by atoms with Gasteiger partial charge in [-0.1, -0.05) is 27.2 Å². The Balaban J connectivity index is 3.94. The molecular weight excluding hydrogens is 212 g/mol. The highest BCUT2D eigenvalue weighted by Gasteiger charge is 2.13. The van der Waals surface area contributed by atoms with Gasteiger partial charge in [0.25, 0.3) is 0 Å². The van der Waals surface area contributed by atoms with E-state index in [0.29, 0.717) is 5.92 Å². The molecule has 0 rings (SSSR count). The minimum Gasteiger partial charge on any atom is -0.336 e. The van der Waals surface area contributed by atoms with Gasteiger partial charge < -0.3 is 10.2 Å². The van der Waals surface area contributed by atoms with E-state index in [-0.39, 0.29) is 12.1 Å². The zero-order valence-electron chi connectivity index (χ0n) is 12.3. The third-order valence-electron chi connectivity index (χ3n) is 3.00. The second kappa shape index (κ2) is 9.32. The number of urea groups is 1. The van der Waals surface area contributed by atoms with Gasteiger partial charge in [-0.25, -0.2) is 4.79 Å². The third kappa shape index (κ3) is 8.06. The molecule has 0 aromatic heterocycles. The molecule has 0 saturated carbocycles. The van der Waals surface area contributed by atoms with Crippen LogP contribution in [0.5, 0.6) is 0 Å². The molecule has 0 aromatic carbocycles. The molecular formula is C14H30N2O. The lowest BCUT2D eigenvalue weighted by Gasteiger charge is -2.24. The van der Waals surface area contributed by atoms with Crippen molar-refractivity contribution in [2.45, 2.75) is 66.3 Å². The Labute approximate surface area is 107 Å². The molecule has 0 aliphatic rings. The number of rotatable bonds is 8. The molecule has 0 aromatic rings. The van der Waals surface area contributed by atoms with Gasteiger partial charge >= 0.3 is 6.03 Å². The molecule has 1 unspecified atom stereocenters. The minimum atomic E-state index is 0.0946. The van der Waals surface area contributed by atoms with Gasteiger partial charge in [-0.05, 0) is 39.0 Å². The number of unbranched alkanes of at least 4 members (excludes halogenated alkanes) is 1. The molecule has 0 fully saturated rings. The first-order valence-electron chi connectivity index (χ1n) is 7.06. The van der Waals surface area contributed by atoms with Crippen LogP contribution in [-0.2, 0) is 0 Å². The van der Waals surface area contributed by atoms with Gasteiger partial charge in [0.15, 0.2) is 0 Å². The van der Waals surface area contributed by atoms with Gasteiger partial charge in [-0.3, -0.25) is 0 Å². The molecule has 1 atom stereocenters. The highest BCUT2D eigenvalue weighted by Crippen LogP contribution is 2.07. The summed E-state index contributed by atoms with van der Waals surface area (Å²) >= 11 is 0. The van der Waals surface area contributed by atoms with E-state index in [1.165, 1.54) is 6.42 Å². The van der Waals surface area contributed by atoms with Crippen molar-refractivity contribution in [1.82, 2.24) is 10.2 Å². The molecule has 0 saturated heterocycles. The van der Waals surface area contributed by atoms with Crippen LogP contribution in [0.1, 0.15) is 60.3 Å². The topological polar surface area (TPSA) is 32.3 Å². The maximum atomic E-state index is 12.0. The normalized spacial score (nSPS) is 12.6. The Morgan fingerprint density at radius 3 is 2.29 bits per heavy atom. The maximum absolute atomic E-state index is 12.0. The van der Waals surface area contributed by atoms with Crippen molar-refractivity contribution in [3.05, 3.63) is 0 Å². The van der Waals surface area contributed by atoms with Gasteiger partial charge in [0.1, 0.15) is 0 Å². The fourth-order valence-corrected chi connectivity index (χ4v) is 1.71. The Hall–Kier alpha value is -0.730. The van der Waals surface area contributed by atoms with Crippen LogP contribution in [0.4, 0.5) is 4.79 Å². The first-order valence-corrected chi connectivity index (χ1v) is 7.06. The lowest BCUT2D eigenvalue weighted by atomic mass is 10.0. The smallest absolute Gasteiger partial charge is 0.317 e. The van der Waals surface area contributed by atoms with Crippen molar-refractivity contribution < 1.29 is 4.79 Å². The number of nitrogens with zero attached hydrogens (tertiary/aromatic N) is 1. The first kappa shape index (κ1) is 16.3. The van der Waals surface area contributed by atoms with E-state index in [1.54, 1.807) is 0 Å². The summed E-state index contributed by atoms with van der Waals surface area (Å²) in [7, 11) is 0. The predicted octanol–water partition coefficient (Wildman–Crippen LogP) is 3.64. The molecule has 0 aliphatic carbocycles. The van der Waals surface area contributed by atoms with Crippen molar-refractivity contribution in [2.24, 2.45) is 5.92 Å². The molecule has 1 N–H and O–H groups in total. The highest BCUT2D eigenvalue weighted by molar-refractivity contribution is 5.74. The van der Waals surface area contributed by atoms with Crippen LogP contribution in [0.25, 0.3) is 0 Å². The summed E-state index contributed by atoms with van der Waals surface area (Å²) in [6, 6.07) is 0.373. The quantitative estimate of drug-likeness (QED) is 0.692. The molecule has 2 amide bonds. The van der Waals surface area contributed by atoms with Crippen LogP contribution >= 0.6 is 0 Å². The summed E-state index contributed by atoms with van der Waals surface area (Å²) in [4.78, 5) is 13.8. The van der Waals surface area contributed by atoms with Gasteiger partial charge in [-0.2, -0.15) is 0 Å². The summed E-state index contributed by atoms with van der Waals surface area (Å²) in [5.41, 5.74) is 0. The monoisotopic (exact) mass is 242 g/mol. The SMILES string of the molecule is CCCCN(CC)C(=O)NC(C)CCC(C)C. The highest BCUT2D eigenvalue weighted by atomic mass is 16.2. The van der Waals surface area contributed by atoms with Crippen LogP contribution in [0, 0.1) is 5.92 Å². The van der Waals surface area contributed by atoms with E-state index in [4.69, 9.17) is 0 Å². The summed E-state index contributed by atoms with van der Waals surface area (Å²) in [5.74, 6) is 0.705. The zero-order valence-corrected chi connectivity index (χ0v) is 12.3. The molecule has 3 heteroatoms. The van der Waals surface area contributed by atoms with Crippen LogP contribution in [0.2, 0.25) is 0 Å². The van der Waals surface area contributed by atoms with Gasteiger partial charge in [0.05, 0.1) is 0 Å². The van der Waals surface area contributed by atoms with E-state index in [9.17, 15) is 4.79 Å². The summed E-state index contributed by atoms with van der Waals surface area (Å²) in [5, 5.41) is 3.08. The van der Waals surface area contributed by atoms with Crippen molar-refractivity contribution >= 4 is 6.03 Å². The predicted molar refractivity (Wildman–Crippen MR) is 74.2 cm³/mol. The summed E-state index contributed by atoms with van der Waals surface area (Å²) in [6.07, 6.45) is 4.45. The number of amides is 2. The van der Waals surface area contributed by atoms with Crippen LogP contribution in [-0.4, -0.2) is 30.1 Å². The van der Waals surface area contributed by atoms with Crippen molar-refractivity contribution in [2.75, 3.05) is 13.1 Å². The van der Waals surface area contributed by atoms with Crippen LogP contribution < -0.4 is 5.32 Å². The number of hydrogen-bond donors (Lipinski definition) is 1. The van der Waals surface area contributed by atoms with E-state index in [1.807, 2.05) is 11.8 Å². The molecule has 0 spiro atoms. The molecule has 102 valence electrons. The Kier molecular flexibility index (Phi) is 8.92. The fraction of sp³-hybridized carbons (Fsp3) is 0.929. The van der Waals surface area contributed by atoms with Crippen molar-refractivity contribution in [1.29, 1.82) is 0 Å². The Morgan fingerprint density at radius 2 is 1.82 bits per heavy atom. The second-order valence-electron chi connectivity index (χ2n) is 5.25. The first-order chi connectivity index (χ1) is 8.01. The number of nitrogens with one attached hydrogen (secondary N) is 1. The number of carbonyl (C=O) groups excluding carboxylic acids is 1. The van der Waals surface area contributed by atoms with Crippen LogP contribution in [0.15, 0.2) is 0 Å². The molecule has 0 bridgehead atoms. The number of hydrogen-bond acceptors (Lipinski definition) is 1. The van der Waals surface area contributed by atoms with Crippen LogP contribution in [0.3, 0.4) is 0 Å². The minimum absolute atomic E-state index is 0.0946. The standard InChI is InChI=1S/C14H30N2O/c1-6-8-11-16(7-2)14(17)15-13(5)10-9-12(3)4/h12-13H,6-11H2,1-5H3,(H,15,17). The van der Waals surface area contributed by atoms with E-state index < -0.39 is 0 Å². The zero-order chi connectivity index (χ0) is 13.3. The molecule has 0 radical (unpaired) electrons. The van der Waals surface area contributed by atoms with E-state index >= 15 is 0 Å². The van der Waals surface area contributed by atoms with Gasteiger partial charge in [0, 0.05) is 19.1 Å². The largest absolute Gasteiger partial charge is 0.336 e. The summed E-state index contributed by atoms with van der Waals surface area (Å²) in [6.45, 7) is 12.4. The molecule has 17 heavy (non-hydrogen) atoms. The Bertz CT molecular complexity index is 204. The second-order valence-corrected chi connectivity index (χ2v) is 5.25. The average Bonchev–Trinajstić information content (AvgIpc) is 2.27. The van der Waals surface area contributed by atoms with E-state index in [2.05, 4.69) is 33.0 Å². The van der Waals surface area contributed by atoms with Crippen molar-refractivity contribution in [3.63, 3.8) is 0 Å². The fourth-order valence-electron chi connectivity index (χ4n) is 1.71. The third-order valence-corrected chi connectivity index (χ3v) is 3.00. The Morgan fingerprint density at radius 1 is 1.18 bits per heavy atom. The molecule has 3 nitrogen and oxygen atoms in total. The molecule has 0 aliphatic heterocycles. The van der Waals surface area contributed by atoms with Crippen molar-refractivity contribution in [3.8, 4) is 0 Å². The maximum Gasteiger partial charge on any atom is 0.317 e. The van der Waals surface area contributed by atoms with Gasteiger partial charge in [-0.15, -0.1) is 0 Å². The van der Waals surface area contributed by atoms with Gasteiger partial charge in [0.2, 0.25) is 0 Å². The lowest BCUT2D eigenvalue weighted by Crippen LogP contribution is -2.44.